The molecule has 0 radical (unpaired) electrons. The molecule has 0 saturated heterocycles. The van der Waals surface area contributed by atoms with Crippen LogP contribution in [0.4, 0.5) is 10.5 Å². The van der Waals surface area contributed by atoms with Gasteiger partial charge in [-0.1, -0.05) is 12.1 Å². The van der Waals surface area contributed by atoms with Crippen molar-refractivity contribution in [3.8, 4) is 0 Å². The van der Waals surface area contributed by atoms with Crippen LogP contribution in [-0.2, 0) is 11.3 Å². The third-order valence-corrected chi connectivity index (χ3v) is 2.06. The molecule has 0 fully saturated rings. The van der Waals surface area contributed by atoms with E-state index >= 15 is 0 Å². The van der Waals surface area contributed by atoms with Gasteiger partial charge in [0.2, 0.25) is 0 Å². The van der Waals surface area contributed by atoms with E-state index in [0.29, 0.717) is 6.54 Å². The van der Waals surface area contributed by atoms with Crippen LogP contribution >= 0.6 is 0 Å². The Kier molecular flexibility index (Phi) is 4.97. The van der Waals surface area contributed by atoms with Crippen LogP contribution in [0.3, 0.4) is 0 Å². The molecule has 1 amide bonds. The number of carbonyl (C=O) groups excluding carboxylic acids is 1. The molecular formula is C13H21N3O2. The number of hydrogen-bond donors (Lipinski definition) is 3. The normalized spacial score (nSPS) is 10.9. The summed E-state index contributed by atoms with van der Waals surface area (Å²) in [6.07, 6.45) is -0.403. The molecule has 0 aliphatic rings. The van der Waals surface area contributed by atoms with Gasteiger partial charge in [-0.2, -0.15) is 0 Å². The lowest BCUT2D eigenvalue weighted by atomic mass is 10.2. The number of hydrogen-bond acceptors (Lipinski definition) is 4. The Morgan fingerprint density at radius 2 is 1.83 bits per heavy atom. The maximum atomic E-state index is 11.4. The van der Waals surface area contributed by atoms with Gasteiger partial charge in [0.05, 0.1) is 0 Å². The largest absolute Gasteiger partial charge is 0.444 e. The monoisotopic (exact) mass is 251 g/mol. The van der Waals surface area contributed by atoms with Crippen molar-refractivity contribution in [3.05, 3.63) is 29.8 Å². The highest BCUT2D eigenvalue weighted by Crippen LogP contribution is 2.09. The Morgan fingerprint density at radius 1 is 1.22 bits per heavy atom. The molecule has 0 saturated carbocycles. The molecule has 3 N–H and O–H groups in total. The van der Waals surface area contributed by atoms with Crippen LogP contribution in [0.2, 0.25) is 0 Å². The summed E-state index contributed by atoms with van der Waals surface area (Å²) in [5.41, 5.74) is 7.33. The Hall–Kier alpha value is -1.75. The minimum absolute atomic E-state index is 0.403. The van der Waals surface area contributed by atoms with E-state index in [4.69, 9.17) is 4.74 Å². The zero-order valence-corrected chi connectivity index (χ0v) is 11.3. The molecule has 0 aliphatic heterocycles. The Labute approximate surface area is 108 Å². The molecule has 5 nitrogen and oxygen atoms in total. The highest BCUT2D eigenvalue weighted by molar-refractivity contribution is 5.67. The van der Waals surface area contributed by atoms with E-state index in [1.165, 1.54) is 0 Å². The van der Waals surface area contributed by atoms with Crippen LogP contribution in [0.1, 0.15) is 26.3 Å². The second-order valence-corrected chi connectivity index (χ2v) is 4.93. The summed E-state index contributed by atoms with van der Waals surface area (Å²) in [5, 5.41) is 2.71. The van der Waals surface area contributed by atoms with Crippen molar-refractivity contribution >= 4 is 11.8 Å². The molecule has 0 bridgehead atoms. The lowest BCUT2D eigenvalue weighted by Gasteiger charge is -2.19. The molecule has 0 heterocycles. The predicted molar refractivity (Wildman–Crippen MR) is 72.2 cm³/mol. The van der Waals surface area contributed by atoms with Crippen molar-refractivity contribution in [2.75, 3.05) is 12.5 Å². The Balaban J connectivity index is 2.41. The quantitative estimate of drug-likeness (QED) is 0.718. The molecule has 1 aromatic carbocycles. The minimum Gasteiger partial charge on any atom is -0.444 e. The van der Waals surface area contributed by atoms with Crippen molar-refractivity contribution in [2.24, 2.45) is 0 Å². The molecule has 100 valence electrons. The standard InChI is InChI=1S/C13H21N3O2/c1-13(2,3)18-12(17)15-9-10-5-7-11(8-6-10)16-14-4/h5-8,14,16H,9H2,1-4H3,(H,15,17). The molecule has 18 heavy (non-hydrogen) atoms. The van der Waals surface area contributed by atoms with E-state index in [0.717, 1.165) is 11.3 Å². The van der Waals surface area contributed by atoms with Gasteiger partial charge >= 0.3 is 6.09 Å². The predicted octanol–water partition coefficient (Wildman–Crippen LogP) is 2.26. The first-order valence-corrected chi connectivity index (χ1v) is 5.89. The van der Waals surface area contributed by atoms with E-state index in [-0.39, 0.29) is 0 Å². The molecule has 5 heteroatoms. The van der Waals surface area contributed by atoms with E-state index in [2.05, 4.69) is 16.2 Å². The fraction of sp³-hybridized carbons (Fsp3) is 0.462. The molecule has 0 unspecified atom stereocenters. The Morgan fingerprint density at radius 3 is 2.33 bits per heavy atom. The van der Waals surface area contributed by atoms with E-state index in [1.54, 1.807) is 7.05 Å². The summed E-state index contributed by atoms with van der Waals surface area (Å²) in [4.78, 5) is 11.4. The number of anilines is 1. The van der Waals surface area contributed by atoms with Gasteiger partial charge in [0, 0.05) is 19.3 Å². The minimum atomic E-state index is -0.468. The van der Waals surface area contributed by atoms with Crippen LogP contribution in [0.5, 0.6) is 0 Å². The van der Waals surface area contributed by atoms with Gasteiger partial charge in [-0.05, 0) is 38.5 Å². The lowest BCUT2D eigenvalue weighted by Crippen LogP contribution is -2.32. The second kappa shape index (κ2) is 6.26. The summed E-state index contributed by atoms with van der Waals surface area (Å²) in [6.45, 7) is 5.97. The molecule has 1 aromatic rings. The van der Waals surface area contributed by atoms with Gasteiger partial charge in [-0.25, -0.2) is 10.2 Å². The number of nitrogens with one attached hydrogen (secondary N) is 3. The van der Waals surface area contributed by atoms with Gasteiger partial charge < -0.3 is 15.5 Å². The van der Waals surface area contributed by atoms with Crippen molar-refractivity contribution in [1.29, 1.82) is 0 Å². The van der Waals surface area contributed by atoms with Gasteiger partial charge in [0.25, 0.3) is 0 Å². The van der Waals surface area contributed by atoms with Gasteiger partial charge in [-0.3, -0.25) is 0 Å². The summed E-state index contributed by atoms with van der Waals surface area (Å²) in [6, 6.07) is 7.75. The average Bonchev–Trinajstić information content (AvgIpc) is 2.26. The first-order chi connectivity index (χ1) is 8.40. The number of rotatable bonds is 4. The molecule has 0 spiro atoms. The van der Waals surface area contributed by atoms with Crippen LogP contribution < -0.4 is 16.2 Å². The highest BCUT2D eigenvalue weighted by atomic mass is 16.6. The van der Waals surface area contributed by atoms with Crippen molar-refractivity contribution in [1.82, 2.24) is 10.7 Å². The second-order valence-electron chi connectivity index (χ2n) is 4.93. The SMILES string of the molecule is CNNc1ccc(CNC(=O)OC(C)(C)C)cc1. The number of ether oxygens (including phenoxy) is 1. The topological polar surface area (TPSA) is 62.4 Å². The highest BCUT2D eigenvalue weighted by Gasteiger charge is 2.15. The summed E-state index contributed by atoms with van der Waals surface area (Å²) in [5.74, 6) is 0. The lowest BCUT2D eigenvalue weighted by molar-refractivity contribution is 0.0523. The third-order valence-electron chi connectivity index (χ3n) is 2.06. The van der Waals surface area contributed by atoms with Crippen molar-refractivity contribution in [3.63, 3.8) is 0 Å². The van der Waals surface area contributed by atoms with Gasteiger partial charge in [-0.15, -0.1) is 0 Å². The van der Waals surface area contributed by atoms with E-state index in [1.807, 2.05) is 45.0 Å². The van der Waals surface area contributed by atoms with Gasteiger partial charge in [0.15, 0.2) is 0 Å². The number of carbonyl (C=O) groups is 1. The zero-order valence-electron chi connectivity index (χ0n) is 11.3. The third kappa shape index (κ3) is 5.54. The maximum Gasteiger partial charge on any atom is 0.407 e. The Bertz CT molecular complexity index is 382. The van der Waals surface area contributed by atoms with E-state index < -0.39 is 11.7 Å². The van der Waals surface area contributed by atoms with Crippen LogP contribution in [0, 0.1) is 0 Å². The fourth-order valence-corrected chi connectivity index (χ4v) is 1.34. The zero-order chi connectivity index (χ0) is 13.6. The number of benzene rings is 1. The molecule has 0 aliphatic carbocycles. The van der Waals surface area contributed by atoms with Crippen LogP contribution in [-0.4, -0.2) is 18.7 Å². The van der Waals surface area contributed by atoms with Crippen molar-refractivity contribution in [2.45, 2.75) is 32.9 Å². The van der Waals surface area contributed by atoms with Gasteiger partial charge in [0.1, 0.15) is 5.60 Å². The van der Waals surface area contributed by atoms with Crippen LogP contribution in [0.25, 0.3) is 0 Å². The fourth-order valence-electron chi connectivity index (χ4n) is 1.34. The van der Waals surface area contributed by atoms with E-state index in [9.17, 15) is 4.79 Å². The molecular weight excluding hydrogens is 230 g/mol. The summed E-state index contributed by atoms with van der Waals surface area (Å²) >= 11 is 0. The molecule has 0 aromatic heterocycles. The number of amides is 1. The average molecular weight is 251 g/mol. The smallest absolute Gasteiger partial charge is 0.407 e. The first kappa shape index (κ1) is 14.3. The summed E-state index contributed by atoms with van der Waals surface area (Å²) in [7, 11) is 1.80. The number of hydrazine groups is 1. The molecule has 0 atom stereocenters. The first-order valence-electron chi connectivity index (χ1n) is 5.89. The van der Waals surface area contributed by atoms with Crippen LogP contribution in [0.15, 0.2) is 24.3 Å². The van der Waals surface area contributed by atoms with Crippen molar-refractivity contribution < 1.29 is 9.53 Å². The molecule has 1 rings (SSSR count). The maximum absolute atomic E-state index is 11.4. The number of alkyl carbamates (subject to hydrolysis) is 1. The summed E-state index contributed by atoms with van der Waals surface area (Å²) < 4.78 is 5.15.